The molecule has 2 saturated heterocycles. The van der Waals surface area contributed by atoms with E-state index in [1.54, 1.807) is 29.2 Å². The molecule has 2 aliphatic rings. The summed E-state index contributed by atoms with van der Waals surface area (Å²) in [4.78, 5) is 17.0. The minimum Gasteiger partial charge on any atom is -0.314 e. The number of carbonyl (C=O) groups excluding carboxylic acids is 1. The van der Waals surface area contributed by atoms with Crippen molar-refractivity contribution < 1.29 is 13.6 Å². The molecule has 2 aliphatic heterocycles. The van der Waals surface area contributed by atoms with Crippen LogP contribution in [0.1, 0.15) is 6.42 Å². The molecule has 0 saturated carbocycles. The molecule has 3 rings (SSSR count). The van der Waals surface area contributed by atoms with Gasteiger partial charge >= 0.3 is 0 Å². The standard InChI is InChI=1S/C14H19N3O3S/c18-14-13(16-9-6-15-7-10-16)5-8-17(14)11-1-3-12(4-2-11)21(19)20/h1-4,13,15H,5-10H2,(H,19,20)/t13-/m0/s1. The summed E-state index contributed by atoms with van der Waals surface area (Å²) in [6.07, 6.45) is 0.840. The first-order valence-corrected chi connectivity index (χ1v) is 8.24. The summed E-state index contributed by atoms with van der Waals surface area (Å²) >= 11 is -1.98. The summed E-state index contributed by atoms with van der Waals surface area (Å²) in [6.45, 7) is 4.38. The third-order valence-corrected chi connectivity index (χ3v) is 4.80. The molecular weight excluding hydrogens is 290 g/mol. The van der Waals surface area contributed by atoms with Crippen LogP contribution < -0.4 is 10.2 Å². The Bertz CT molecular complexity index is 543. The minimum absolute atomic E-state index is 0.0289. The van der Waals surface area contributed by atoms with E-state index in [0.29, 0.717) is 11.4 Å². The van der Waals surface area contributed by atoms with E-state index in [9.17, 15) is 9.00 Å². The van der Waals surface area contributed by atoms with E-state index >= 15 is 0 Å². The SMILES string of the molecule is O=C1[C@@H](N2CCNCC2)CCN1c1ccc(S(=O)O)cc1. The minimum atomic E-state index is -1.98. The number of rotatable bonds is 3. The van der Waals surface area contributed by atoms with Crippen molar-refractivity contribution in [2.24, 2.45) is 0 Å². The van der Waals surface area contributed by atoms with E-state index in [0.717, 1.165) is 38.3 Å². The summed E-state index contributed by atoms with van der Waals surface area (Å²) in [6, 6.07) is 6.63. The van der Waals surface area contributed by atoms with E-state index in [2.05, 4.69) is 10.2 Å². The largest absolute Gasteiger partial charge is 0.314 e. The molecule has 1 aromatic carbocycles. The van der Waals surface area contributed by atoms with Crippen LogP contribution in [0, 0.1) is 0 Å². The number of nitrogens with one attached hydrogen (secondary N) is 1. The fourth-order valence-electron chi connectivity index (χ4n) is 3.00. The highest BCUT2D eigenvalue weighted by Gasteiger charge is 2.36. The van der Waals surface area contributed by atoms with Crippen LogP contribution in [0.3, 0.4) is 0 Å². The lowest BCUT2D eigenvalue weighted by atomic mass is 10.2. The van der Waals surface area contributed by atoms with Crippen LogP contribution in [0.15, 0.2) is 29.2 Å². The fourth-order valence-corrected chi connectivity index (χ4v) is 3.37. The van der Waals surface area contributed by atoms with Crippen LogP contribution in [0.2, 0.25) is 0 Å². The van der Waals surface area contributed by atoms with E-state index in [1.165, 1.54) is 0 Å². The summed E-state index contributed by atoms with van der Waals surface area (Å²) in [5.74, 6) is 0.134. The van der Waals surface area contributed by atoms with Crippen molar-refractivity contribution in [1.82, 2.24) is 10.2 Å². The molecule has 0 radical (unpaired) electrons. The molecule has 0 spiro atoms. The van der Waals surface area contributed by atoms with Crippen LogP contribution in [0.5, 0.6) is 0 Å². The average molecular weight is 309 g/mol. The fraction of sp³-hybridized carbons (Fsp3) is 0.500. The zero-order valence-electron chi connectivity index (χ0n) is 11.7. The van der Waals surface area contributed by atoms with Gasteiger partial charge in [-0.1, -0.05) is 0 Å². The third kappa shape index (κ3) is 3.01. The summed E-state index contributed by atoms with van der Waals surface area (Å²) in [5.41, 5.74) is 0.798. The van der Waals surface area contributed by atoms with Gasteiger partial charge in [0.15, 0.2) is 11.1 Å². The Labute approximate surface area is 126 Å². The average Bonchev–Trinajstić information content (AvgIpc) is 2.90. The molecule has 114 valence electrons. The molecule has 2 N–H and O–H groups in total. The number of piperazine rings is 1. The van der Waals surface area contributed by atoms with Crippen molar-refractivity contribution in [1.29, 1.82) is 0 Å². The first kappa shape index (κ1) is 14.6. The number of benzene rings is 1. The van der Waals surface area contributed by atoms with Crippen LogP contribution in [-0.4, -0.2) is 58.3 Å². The zero-order chi connectivity index (χ0) is 14.8. The Hall–Kier alpha value is -1.28. The second-order valence-corrected chi connectivity index (χ2v) is 6.29. The Morgan fingerprint density at radius 1 is 1.14 bits per heavy atom. The lowest BCUT2D eigenvalue weighted by Gasteiger charge is -2.31. The van der Waals surface area contributed by atoms with E-state index in [-0.39, 0.29) is 11.9 Å². The molecule has 1 amide bonds. The van der Waals surface area contributed by atoms with Crippen molar-refractivity contribution in [3.63, 3.8) is 0 Å². The lowest BCUT2D eigenvalue weighted by Crippen LogP contribution is -2.51. The number of anilines is 1. The maximum atomic E-state index is 12.6. The molecule has 1 aromatic rings. The molecule has 0 aromatic heterocycles. The van der Waals surface area contributed by atoms with Gasteiger partial charge in [0.25, 0.3) is 0 Å². The van der Waals surface area contributed by atoms with Crippen LogP contribution >= 0.6 is 0 Å². The Kier molecular flexibility index (Phi) is 4.34. The summed E-state index contributed by atoms with van der Waals surface area (Å²) in [5, 5.41) is 3.29. The number of nitrogens with zero attached hydrogens (tertiary/aromatic N) is 2. The van der Waals surface area contributed by atoms with Gasteiger partial charge in [-0.2, -0.15) is 0 Å². The first-order chi connectivity index (χ1) is 10.2. The number of amides is 1. The molecule has 1 unspecified atom stereocenters. The number of carbonyl (C=O) groups is 1. The Balaban J connectivity index is 1.72. The highest BCUT2D eigenvalue weighted by molar-refractivity contribution is 7.79. The Morgan fingerprint density at radius 3 is 2.43 bits per heavy atom. The summed E-state index contributed by atoms with van der Waals surface area (Å²) in [7, 11) is 0. The van der Waals surface area contributed by atoms with E-state index < -0.39 is 11.1 Å². The van der Waals surface area contributed by atoms with Crippen molar-refractivity contribution in [2.45, 2.75) is 17.4 Å². The molecule has 21 heavy (non-hydrogen) atoms. The summed E-state index contributed by atoms with van der Waals surface area (Å²) < 4.78 is 20.0. The molecule has 2 heterocycles. The molecule has 7 heteroatoms. The van der Waals surface area contributed by atoms with Gasteiger partial charge in [0, 0.05) is 38.4 Å². The second-order valence-electron chi connectivity index (χ2n) is 5.32. The maximum absolute atomic E-state index is 12.6. The molecule has 0 bridgehead atoms. The van der Waals surface area contributed by atoms with Crippen LogP contribution in [0.4, 0.5) is 5.69 Å². The first-order valence-electron chi connectivity index (χ1n) is 7.14. The third-order valence-electron chi connectivity index (χ3n) is 4.12. The van der Waals surface area contributed by atoms with Gasteiger partial charge in [-0.15, -0.1) is 0 Å². The second kappa shape index (κ2) is 6.23. The highest BCUT2D eigenvalue weighted by atomic mass is 32.2. The highest BCUT2D eigenvalue weighted by Crippen LogP contribution is 2.25. The maximum Gasteiger partial charge on any atom is 0.244 e. The van der Waals surface area contributed by atoms with Gasteiger partial charge in [0.05, 0.1) is 10.9 Å². The van der Waals surface area contributed by atoms with Crippen molar-refractivity contribution >= 4 is 22.7 Å². The van der Waals surface area contributed by atoms with E-state index in [4.69, 9.17) is 4.55 Å². The Morgan fingerprint density at radius 2 is 1.81 bits per heavy atom. The van der Waals surface area contributed by atoms with Crippen molar-refractivity contribution in [2.75, 3.05) is 37.6 Å². The van der Waals surface area contributed by atoms with E-state index in [1.807, 2.05) is 0 Å². The lowest BCUT2D eigenvalue weighted by molar-refractivity contribution is -0.121. The van der Waals surface area contributed by atoms with Gasteiger partial charge < -0.3 is 14.8 Å². The molecule has 0 aliphatic carbocycles. The smallest absolute Gasteiger partial charge is 0.244 e. The van der Waals surface area contributed by atoms with Gasteiger partial charge in [-0.05, 0) is 30.7 Å². The molecule has 2 atom stereocenters. The number of hydrogen-bond donors (Lipinski definition) is 2. The van der Waals surface area contributed by atoms with Gasteiger partial charge in [0.2, 0.25) is 5.91 Å². The van der Waals surface area contributed by atoms with Gasteiger partial charge in [-0.25, -0.2) is 4.21 Å². The van der Waals surface area contributed by atoms with Gasteiger partial charge in [-0.3, -0.25) is 9.69 Å². The normalized spacial score (nSPS) is 25.3. The van der Waals surface area contributed by atoms with Crippen LogP contribution in [-0.2, 0) is 15.9 Å². The monoisotopic (exact) mass is 309 g/mol. The number of hydrogen-bond acceptors (Lipinski definition) is 4. The predicted molar refractivity (Wildman–Crippen MR) is 80.7 cm³/mol. The quantitative estimate of drug-likeness (QED) is 0.785. The van der Waals surface area contributed by atoms with Crippen LogP contribution in [0.25, 0.3) is 0 Å². The van der Waals surface area contributed by atoms with Crippen molar-refractivity contribution in [3.05, 3.63) is 24.3 Å². The van der Waals surface area contributed by atoms with Gasteiger partial charge in [0.1, 0.15) is 0 Å². The molecule has 2 fully saturated rings. The van der Waals surface area contributed by atoms with Crippen molar-refractivity contribution in [3.8, 4) is 0 Å². The molecular formula is C14H19N3O3S. The molecule has 6 nitrogen and oxygen atoms in total. The zero-order valence-corrected chi connectivity index (χ0v) is 12.5. The predicted octanol–water partition coefficient (Wildman–Crippen LogP) is 0.278. The topological polar surface area (TPSA) is 72.9 Å².